The quantitative estimate of drug-likeness (QED) is 0.507. The van der Waals surface area contributed by atoms with E-state index in [1.807, 2.05) is 36.1 Å². The first kappa shape index (κ1) is 18.1. The molecule has 6 nitrogen and oxygen atoms in total. The van der Waals surface area contributed by atoms with Gasteiger partial charge in [-0.05, 0) is 40.5 Å². The number of aromatic amines is 1. The molecule has 3 heterocycles. The molecule has 0 spiro atoms. The van der Waals surface area contributed by atoms with Crippen LogP contribution >= 0.6 is 15.9 Å². The fourth-order valence-electron chi connectivity index (χ4n) is 4.11. The van der Waals surface area contributed by atoms with Crippen molar-refractivity contribution in [2.24, 2.45) is 0 Å². The molecule has 0 radical (unpaired) electrons. The van der Waals surface area contributed by atoms with Crippen molar-refractivity contribution in [2.75, 3.05) is 6.54 Å². The van der Waals surface area contributed by atoms with Gasteiger partial charge in [-0.15, -0.1) is 0 Å². The van der Waals surface area contributed by atoms with E-state index in [4.69, 9.17) is 0 Å². The van der Waals surface area contributed by atoms with Crippen molar-refractivity contribution in [1.29, 1.82) is 0 Å². The second-order valence-corrected chi connectivity index (χ2v) is 8.31. The van der Waals surface area contributed by atoms with Gasteiger partial charge in [-0.25, -0.2) is 4.98 Å². The van der Waals surface area contributed by atoms with Crippen molar-refractivity contribution in [3.63, 3.8) is 0 Å². The number of nitrogens with zero attached hydrogens (tertiary/aromatic N) is 3. The summed E-state index contributed by atoms with van der Waals surface area (Å²) < 4.78 is 2.43. The lowest BCUT2D eigenvalue weighted by Gasteiger charge is -2.27. The Bertz CT molecular complexity index is 1340. The summed E-state index contributed by atoms with van der Waals surface area (Å²) in [6, 6.07) is 11.6. The zero-order chi connectivity index (χ0) is 20.1. The number of H-pyrrole nitrogens is 1. The number of aromatic nitrogens is 3. The van der Waals surface area contributed by atoms with Gasteiger partial charge in [-0.2, -0.15) is 0 Å². The maximum Gasteiger partial charge on any atom is 0.261 e. The van der Waals surface area contributed by atoms with Crippen LogP contribution in [0.2, 0.25) is 0 Å². The Morgan fingerprint density at radius 1 is 1.21 bits per heavy atom. The number of para-hydroxylation sites is 2. The standard InChI is InChI=1S/C22H19BrN4O2/c1-13-4-2-6-15-20(13)24-12-27(22(15)29)11-19(28)26-9-8-18-16(10-26)14-5-3-7-17(23)21(14)25-18/h2-7,12,25H,8-11H2,1H3. The van der Waals surface area contributed by atoms with Crippen LogP contribution in [0, 0.1) is 6.92 Å². The number of benzene rings is 2. The number of carbonyl (C=O) groups excluding carboxylic acids is 1. The van der Waals surface area contributed by atoms with Crippen LogP contribution in [0.3, 0.4) is 0 Å². The fraction of sp³-hybridized carbons (Fsp3) is 0.227. The van der Waals surface area contributed by atoms with E-state index in [-0.39, 0.29) is 18.0 Å². The summed E-state index contributed by atoms with van der Waals surface area (Å²) in [5.41, 5.74) is 4.86. The van der Waals surface area contributed by atoms with E-state index in [0.717, 1.165) is 32.9 Å². The molecule has 0 bridgehead atoms. The van der Waals surface area contributed by atoms with E-state index in [9.17, 15) is 9.59 Å². The second kappa shape index (κ2) is 6.84. The van der Waals surface area contributed by atoms with E-state index in [2.05, 4.69) is 32.0 Å². The number of amides is 1. The van der Waals surface area contributed by atoms with Crippen molar-refractivity contribution < 1.29 is 4.79 Å². The van der Waals surface area contributed by atoms with E-state index >= 15 is 0 Å². The van der Waals surface area contributed by atoms with Gasteiger partial charge in [0.15, 0.2) is 0 Å². The molecule has 29 heavy (non-hydrogen) atoms. The normalized spacial score (nSPS) is 13.8. The predicted molar refractivity (Wildman–Crippen MR) is 116 cm³/mol. The van der Waals surface area contributed by atoms with Crippen LogP contribution < -0.4 is 5.56 Å². The maximum absolute atomic E-state index is 13.0. The summed E-state index contributed by atoms with van der Waals surface area (Å²) in [5.74, 6) is -0.0732. The molecule has 0 aliphatic carbocycles. The van der Waals surface area contributed by atoms with Crippen molar-refractivity contribution in [2.45, 2.75) is 26.4 Å². The van der Waals surface area contributed by atoms with Gasteiger partial charge in [0, 0.05) is 40.6 Å². The Morgan fingerprint density at radius 3 is 2.86 bits per heavy atom. The lowest BCUT2D eigenvalue weighted by atomic mass is 10.0. The number of nitrogens with one attached hydrogen (secondary N) is 1. The third kappa shape index (κ3) is 2.97. The van der Waals surface area contributed by atoms with Crippen LogP contribution in [-0.2, 0) is 24.3 Å². The Hall–Kier alpha value is -2.93. The van der Waals surface area contributed by atoms with Crippen LogP contribution in [0.25, 0.3) is 21.8 Å². The molecule has 0 saturated heterocycles. The van der Waals surface area contributed by atoms with E-state index in [0.29, 0.717) is 24.0 Å². The molecule has 7 heteroatoms. The molecular formula is C22H19BrN4O2. The monoisotopic (exact) mass is 450 g/mol. The largest absolute Gasteiger partial charge is 0.357 e. The molecule has 1 amide bonds. The Balaban J connectivity index is 1.43. The first-order chi connectivity index (χ1) is 14.0. The highest BCUT2D eigenvalue weighted by Crippen LogP contribution is 2.31. The predicted octanol–water partition coefficient (Wildman–Crippen LogP) is 3.53. The van der Waals surface area contributed by atoms with Gasteiger partial charge in [0.2, 0.25) is 5.91 Å². The topological polar surface area (TPSA) is 71.0 Å². The van der Waals surface area contributed by atoms with Crippen LogP contribution in [0.1, 0.15) is 16.8 Å². The zero-order valence-corrected chi connectivity index (χ0v) is 17.5. The van der Waals surface area contributed by atoms with Gasteiger partial charge in [0.25, 0.3) is 5.56 Å². The second-order valence-electron chi connectivity index (χ2n) is 7.46. The van der Waals surface area contributed by atoms with Gasteiger partial charge in [0.1, 0.15) is 6.54 Å². The summed E-state index contributed by atoms with van der Waals surface area (Å²) >= 11 is 3.59. The molecule has 5 rings (SSSR count). The summed E-state index contributed by atoms with van der Waals surface area (Å²) in [6.07, 6.45) is 2.25. The van der Waals surface area contributed by atoms with E-state index in [1.165, 1.54) is 16.6 Å². The van der Waals surface area contributed by atoms with Crippen LogP contribution in [0.15, 0.2) is 52.0 Å². The van der Waals surface area contributed by atoms with Crippen LogP contribution in [0.5, 0.6) is 0 Å². The van der Waals surface area contributed by atoms with Crippen molar-refractivity contribution in [1.82, 2.24) is 19.4 Å². The first-order valence-corrected chi connectivity index (χ1v) is 10.3. The van der Waals surface area contributed by atoms with Crippen molar-refractivity contribution in [3.8, 4) is 0 Å². The van der Waals surface area contributed by atoms with Crippen molar-refractivity contribution >= 4 is 43.6 Å². The molecule has 0 fully saturated rings. The molecule has 1 aliphatic rings. The average molecular weight is 451 g/mol. The SMILES string of the molecule is Cc1cccc2c(=O)n(CC(=O)N3CCc4[nH]c5c(Br)cccc5c4C3)cnc12. The van der Waals surface area contributed by atoms with Gasteiger partial charge < -0.3 is 9.88 Å². The highest BCUT2D eigenvalue weighted by molar-refractivity contribution is 9.10. The number of fused-ring (bicyclic) bond motifs is 4. The van der Waals surface area contributed by atoms with E-state index < -0.39 is 0 Å². The summed E-state index contributed by atoms with van der Waals surface area (Å²) in [4.78, 5) is 35.5. The Kier molecular flexibility index (Phi) is 4.28. The van der Waals surface area contributed by atoms with Gasteiger partial charge in [-0.3, -0.25) is 14.2 Å². The molecule has 1 aliphatic heterocycles. The van der Waals surface area contributed by atoms with Crippen LogP contribution in [0.4, 0.5) is 0 Å². The summed E-state index contributed by atoms with van der Waals surface area (Å²) in [6.45, 7) is 3.09. The molecule has 0 unspecified atom stereocenters. The third-order valence-electron chi connectivity index (χ3n) is 5.67. The highest BCUT2D eigenvalue weighted by Gasteiger charge is 2.25. The molecule has 4 aromatic rings. The molecule has 1 N–H and O–H groups in total. The van der Waals surface area contributed by atoms with Gasteiger partial charge in [-0.1, -0.05) is 24.3 Å². The third-order valence-corrected chi connectivity index (χ3v) is 6.33. The number of carbonyl (C=O) groups is 1. The molecule has 0 saturated carbocycles. The molecular weight excluding hydrogens is 432 g/mol. The smallest absolute Gasteiger partial charge is 0.261 e. The number of hydrogen-bond donors (Lipinski definition) is 1. The zero-order valence-electron chi connectivity index (χ0n) is 15.9. The average Bonchev–Trinajstić information content (AvgIpc) is 3.10. The van der Waals surface area contributed by atoms with Gasteiger partial charge in [0.05, 0.1) is 22.7 Å². The van der Waals surface area contributed by atoms with Gasteiger partial charge >= 0.3 is 0 Å². The minimum absolute atomic E-state index is 0.00288. The molecule has 146 valence electrons. The summed E-state index contributed by atoms with van der Waals surface area (Å²) in [5, 5.41) is 1.68. The summed E-state index contributed by atoms with van der Waals surface area (Å²) in [7, 11) is 0. The molecule has 2 aromatic heterocycles. The minimum atomic E-state index is -0.180. The number of rotatable bonds is 2. The Labute approximate surface area is 175 Å². The van der Waals surface area contributed by atoms with E-state index in [1.54, 1.807) is 6.07 Å². The van der Waals surface area contributed by atoms with Crippen molar-refractivity contribution in [3.05, 3.63) is 74.4 Å². The lowest BCUT2D eigenvalue weighted by Crippen LogP contribution is -2.39. The molecule has 2 aromatic carbocycles. The lowest BCUT2D eigenvalue weighted by molar-refractivity contribution is -0.132. The first-order valence-electron chi connectivity index (χ1n) is 9.53. The Morgan fingerprint density at radius 2 is 2.00 bits per heavy atom. The fourth-order valence-corrected chi connectivity index (χ4v) is 4.58. The number of halogens is 1. The number of aryl methyl sites for hydroxylation is 1. The van der Waals surface area contributed by atoms with Crippen LogP contribution in [-0.4, -0.2) is 31.9 Å². The molecule has 0 atom stereocenters. The maximum atomic E-state index is 13.0. The minimum Gasteiger partial charge on any atom is -0.357 e. The number of hydrogen-bond acceptors (Lipinski definition) is 3. The highest BCUT2D eigenvalue weighted by atomic mass is 79.9.